The van der Waals surface area contributed by atoms with Gasteiger partial charge in [-0.2, -0.15) is 5.10 Å². The van der Waals surface area contributed by atoms with Crippen LogP contribution in [0.15, 0.2) is 6.33 Å². The number of aryl methyl sites for hydroxylation is 1. The molecule has 9 heteroatoms. The van der Waals surface area contributed by atoms with Gasteiger partial charge in [0, 0.05) is 0 Å². The lowest BCUT2D eigenvalue weighted by molar-refractivity contribution is 0.102. The molecule has 0 saturated heterocycles. The molecule has 2 aromatic rings. The normalized spacial score (nSPS) is 10.5. The van der Waals surface area contributed by atoms with Crippen molar-refractivity contribution in [3.05, 3.63) is 28.0 Å². The summed E-state index contributed by atoms with van der Waals surface area (Å²) in [6.07, 6.45) is 1.83. The van der Waals surface area contributed by atoms with Gasteiger partial charge in [-0.15, -0.1) is 0 Å². The number of H-pyrrole nitrogens is 1. The number of hydrogen-bond donors (Lipinski definition) is 3. The molecule has 0 spiro atoms. The molecule has 100 valence electrons. The van der Waals surface area contributed by atoms with Gasteiger partial charge in [-0.05, 0) is 6.42 Å². The monoisotopic (exact) mass is 300 g/mol. The van der Waals surface area contributed by atoms with Crippen molar-refractivity contribution in [2.45, 2.75) is 13.3 Å². The molecule has 0 aliphatic carbocycles. The molecule has 0 bridgehead atoms. The maximum Gasteiger partial charge on any atom is 0.278 e. The van der Waals surface area contributed by atoms with Gasteiger partial charge in [0.2, 0.25) is 0 Å². The SMILES string of the molecule is CCc1[nH]nc(C(=O)Nc2c(Cl)ncnc2Cl)c1N. The van der Waals surface area contributed by atoms with Gasteiger partial charge in [0.25, 0.3) is 5.91 Å². The van der Waals surface area contributed by atoms with Gasteiger partial charge in [-0.3, -0.25) is 9.89 Å². The van der Waals surface area contributed by atoms with Crippen molar-refractivity contribution in [1.29, 1.82) is 0 Å². The van der Waals surface area contributed by atoms with Gasteiger partial charge in [0.05, 0.1) is 11.4 Å². The Kier molecular flexibility index (Phi) is 3.87. The van der Waals surface area contributed by atoms with Gasteiger partial charge in [-0.1, -0.05) is 30.1 Å². The van der Waals surface area contributed by atoms with Gasteiger partial charge < -0.3 is 11.1 Å². The standard InChI is InChI=1S/C10H10Cl2N6O/c1-2-4-5(13)6(18-17-4)10(19)16-7-8(11)14-3-15-9(7)12/h3H,2,13H2,1H3,(H,16,19)(H,17,18). The molecule has 0 aliphatic heterocycles. The predicted molar refractivity (Wildman–Crippen MR) is 72.4 cm³/mol. The second-order valence-electron chi connectivity index (χ2n) is 3.60. The average Bonchev–Trinajstić information content (AvgIpc) is 2.75. The van der Waals surface area contributed by atoms with Gasteiger partial charge in [0.1, 0.15) is 12.0 Å². The summed E-state index contributed by atoms with van der Waals surface area (Å²) in [5, 5.41) is 9.10. The second-order valence-corrected chi connectivity index (χ2v) is 4.32. The van der Waals surface area contributed by atoms with Crippen LogP contribution in [0.1, 0.15) is 23.1 Å². The van der Waals surface area contributed by atoms with E-state index in [2.05, 4.69) is 25.5 Å². The summed E-state index contributed by atoms with van der Waals surface area (Å²) in [5.74, 6) is -0.535. The summed E-state index contributed by atoms with van der Waals surface area (Å²) in [4.78, 5) is 19.5. The Morgan fingerprint density at radius 3 is 2.58 bits per heavy atom. The summed E-state index contributed by atoms with van der Waals surface area (Å²) < 4.78 is 0. The van der Waals surface area contributed by atoms with Crippen molar-refractivity contribution in [1.82, 2.24) is 20.2 Å². The number of carbonyl (C=O) groups excluding carboxylic acids is 1. The first-order valence-electron chi connectivity index (χ1n) is 5.34. The zero-order valence-corrected chi connectivity index (χ0v) is 11.4. The Morgan fingerprint density at radius 1 is 1.42 bits per heavy atom. The zero-order chi connectivity index (χ0) is 14.0. The first-order chi connectivity index (χ1) is 9.04. The average molecular weight is 301 g/mol. The van der Waals surface area contributed by atoms with Crippen LogP contribution in [0.5, 0.6) is 0 Å². The van der Waals surface area contributed by atoms with Crippen molar-refractivity contribution in [3.63, 3.8) is 0 Å². The minimum absolute atomic E-state index is 0.0400. The smallest absolute Gasteiger partial charge is 0.278 e. The van der Waals surface area contributed by atoms with Crippen molar-refractivity contribution in [2.75, 3.05) is 11.1 Å². The quantitative estimate of drug-likeness (QED) is 0.750. The van der Waals surface area contributed by atoms with Gasteiger partial charge in [-0.25, -0.2) is 9.97 Å². The molecule has 4 N–H and O–H groups in total. The van der Waals surface area contributed by atoms with Crippen molar-refractivity contribution < 1.29 is 4.79 Å². The Hall–Kier alpha value is -1.86. The predicted octanol–water partition coefficient (Wildman–Crippen LogP) is 1.90. The fourth-order valence-corrected chi connectivity index (χ4v) is 1.86. The topological polar surface area (TPSA) is 110 Å². The van der Waals surface area contributed by atoms with Crippen LogP contribution in [0.4, 0.5) is 11.4 Å². The van der Waals surface area contributed by atoms with E-state index in [-0.39, 0.29) is 21.7 Å². The van der Waals surface area contributed by atoms with Crippen LogP contribution >= 0.6 is 23.2 Å². The number of aromatic amines is 1. The number of nitrogens with two attached hydrogens (primary N) is 1. The molecule has 7 nitrogen and oxygen atoms in total. The van der Waals surface area contributed by atoms with E-state index in [1.807, 2.05) is 6.92 Å². The summed E-state index contributed by atoms with van der Waals surface area (Å²) >= 11 is 11.6. The molecular weight excluding hydrogens is 291 g/mol. The molecule has 2 rings (SSSR count). The van der Waals surface area contributed by atoms with E-state index in [4.69, 9.17) is 28.9 Å². The van der Waals surface area contributed by atoms with Crippen LogP contribution in [0.2, 0.25) is 10.3 Å². The van der Waals surface area contributed by atoms with Crippen LogP contribution in [0.3, 0.4) is 0 Å². The van der Waals surface area contributed by atoms with Gasteiger partial charge in [0.15, 0.2) is 16.0 Å². The molecule has 2 aromatic heterocycles. The summed E-state index contributed by atoms with van der Waals surface area (Å²) in [7, 11) is 0. The third kappa shape index (κ3) is 2.61. The van der Waals surface area contributed by atoms with E-state index in [0.717, 1.165) is 0 Å². The number of halogens is 2. The van der Waals surface area contributed by atoms with E-state index in [0.29, 0.717) is 17.8 Å². The number of nitrogens with one attached hydrogen (secondary N) is 2. The molecule has 0 saturated carbocycles. The molecule has 0 aliphatic rings. The van der Waals surface area contributed by atoms with E-state index >= 15 is 0 Å². The van der Waals surface area contributed by atoms with Crippen LogP contribution in [-0.2, 0) is 6.42 Å². The lowest BCUT2D eigenvalue weighted by Gasteiger charge is -2.06. The Balaban J connectivity index is 2.28. The molecule has 1 amide bonds. The largest absolute Gasteiger partial charge is 0.395 e. The van der Waals surface area contributed by atoms with E-state index in [9.17, 15) is 4.79 Å². The van der Waals surface area contributed by atoms with E-state index in [1.165, 1.54) is 6.33 Å². The van der Waals surface area contributed by atoms with Crippen LogP contribution in [-0.4, -0.2) is 26.1 Å². The molecule has 19 heavy (non-hydrogen) atoms. The number of rotatable bonds is 3. The molecule has 2 heterocycles. The maximum atomic E-state index is 12.0. The molecule has 0 unspecified atom stereocenters. The summed E-state index contributed by atoms with van der Waals surface area (Å²) in [6, 6.07) is 0. The number of hydrogen-bond acceptors (Lipinski definition) is 5. The summed E-state index contributed by atoms with van der Waals surface area (Å²) in [5.41, 5.74) is 6.97. The molecular formula is C10H10Cl2N6O. The third-order valence-electron chi connectivity index (χ3n) is 2.44. The van der Waals surface area contributed by atoms with Crippen molar-refractivity contribution in [3.8, 4) is 0 Å². The fourth-order valence-electron chi connectivity index (χ4n) is 1.45. The van der Waals surface area contributed by atoms with Crippen LogP contribution in [0, 0.1) is 0 Å². The Morgan fingerprint density at radius 2 is 2.05 bits per heavy atom. The maximum absolute atomic E-state index is 12.0. The van der Waals surface area contributed by atoms with Crippen LogP contribution < -0.4 is 11.1 Å². The second kappa shape index (κ2) is 5.41. The van der Waals surface area contributed by atoms with Crippen molar-refractivity contribution in [2.24, 2.45) is 0 Å². The number of aromatic nitrogens is 4. The number of anilines is 2. The number of nitrogen functional groups attached to an aromatic ring is 1. The third-order valence-corrected chi connectivity index (χ3v) is 3.02. The first-order valence-corrected chi connectivity index (χ1v) is 6.10. The molecule has 0 aromatic carbocycles. The first kappa shape index (κ1) is 13.6. The fraction of sp³-hybridized carbons (Fsp3) is 0.200. The number of amides is 1. The molecule has 0 radical (unpaired) electrons. The Bertz CT molecular complexity index is 606. The number of carbonyl (C=O) groups is 1. The lowest BCUT2D eigenvalue weighted by Crippen LogP contribution is -2.15. The highest BCUT2D eigenvalue weighted by Gasteiger charge is 2.19. The highest BCUT2D eigenvalue weighted by atomic mass is 35.5. The summed E-state index contributed by atoms with van der Waals surface area (Å²) in [6.45, 7) is 1.89. The van der Waals surface area contributed by atoms with E-state index < -0.39 is 5.91 Å². The van der Waals surface area contributed by atoms with Crippen LogP contribution in [0.25, 0.3) is 0 Å². The van der Waals surface area contributed by atoms with E-state index in [1.54, 1.807) is 0 Å². The van der Waals surface area contributed by atoms with Crippen molar-refractivity contribution >= 4 is 40.5 Å². The highest BCUT2D eigenvalue weighted by Crippen LogP contribution is 2.26. The Labute approximate surface area is 118 Å². The minimum atomic E-state index is -0.535. The number of nitrogens with zero attached hydrogens (tertiary/aromatic N) is 3. The minimum Gasteiger partial charge on any atom is -0.395 e. The molecule has 0 atom stereocenters. The zero-order valence-electron chi connectivity index (χ0n) is 9.87. The lowest BCUT2D eigenvalue weighted by atomic mass is 10.2. The molecule has 0 fully saturated rings. The highest BCUT2D eigenvalue weighted by molar-refractivity contribution is 6.38. The van der Waals surface area contributed by atoms with Gasteiger partial charge >= 0.3 is 0 Å².